The van der Waals surface area contributed by atoms with E-state index in [-0.39, 0.29) is 24.3 Å². The first-order chi connectivity index (χ1) is 19.5. The number of nitrogens with zero attached hydrogens (tertiary/aromatic N) is 1. The molecule has 0 aromatic heterocycles. The number of urea groups is 1. The van der Waals surface area contributed by atoms with Crippen LogP contribution in [0.3, 0.4) is 0 Å². The van der Waals surface area contributed by atoms with Gasteiger partial charge in [-0.05, 0) is 69.2 Å². The van der Waals surface area contributed by atoms with Crippen LogP contribution in [-0.4, -0.2) is 53.6 Å². The zero-order chi connectivity index (χ0) is 29.8. The molecule has 3 rings (SSSR count). The highest BCUT2D eigenvalue weighted by molar-refractivity contribution is 5.90. The molecule has 1 aliphatic rings. The largest absolute Gasteiger partial charge is 0.489 e. The van der Waals surface area contributed by atoms with Gasteiger partial charge in [0.15, 0.2) is 0 Å². The van der Waals surface area contributed by atoms with Crippen molar-refractivity contribution in [1.82, 2.24) is 15.5 Å². The van der Waals surface area contributed by atoms with Crippen LogP contribution in [0.5, 0.6) is 5.75 Å². The second-order valence-corrected chi connectivity index (χ2v) is 12.2. The summed E-state index contributed by atoms with van der Waals surface area (Å²) in [6, 6.07) is 15.5. The van der Waals surface area contributed by atoms with Gasteiger partial charge in [0, 0.05) is 19.5 Å². The molecule has 0 saturated carbocycles. The Bertz CT molecular complexity index is 1100. The van der Waals surface area contributed by atoms with Gasteiger partial charge in [0.2, 0.25) is 5.91 Å². The molecule has 1 heterocycles. The first-order valence-corrected chi connectivity index (χ1v) is 14.8. The molecule has 0 radical (unpaired) electrons. The number of amides is 3. The molecule has 0 aliphatic carbocycles. The third kappa shape index (κ3) is 11.5. The van der Waals surface area contributed by atoms with Crippen LogP contribution in [0.15, 0.2) is 54.6 Å². The average molecular weight is 566 g/mol. The van der Waals surface area contributed by atoms with E-state index in [4.69, 9.17) is 9.47 Å². The van der Waals surface area contributed by atoms with Crippen molar-refractivity contribution in [3.63, 3.8) is 0 Å². The van der Waals surface area contributed by atoms with E-state index >= 15 is 0 Å². The summed E-state index contributed by atoms with van der Waals surface area (Å²) in [7, 11) is 0. The molecule has 41 heavy (non-hydrogen) atoms. The lowest BCUT2D eigenvalue weighted by Gasteiger charge is -2.28. The summed E-state index contributed by atoms with van der Waals surface area (Å²) in [5.74, 6) is -0.0276. The number of carbonyl (C=O) groups is 3. The average Bonchev–Trinajstić information content (AvgIpc) is 3.21. The van der Waals surface area contributed by atoms with Crippen molar-refractivity contribution in [2.45, 2.75) is 97.4 Å². The van der Waals surface area contributed by atoms with Crippen molar-refractivity contribution in [2.24, 2.45) is 5.92 Å². The zero-order valence-corrected chi connectivity index (χ0v) is 25.3. The summed E-state index contributed by atoms with van der Waals surface area (Å²) in [5, 5.41) is 5.84. The van der Waals surface area contributed by atoms with Crippen molar-refractivity contribution in [3.8, 4) is 5.75 Å². The Morgan fingerprint density at radius 1 is 0.829 bits per heavy atom. The third-order valence-corrected chi connectivity index (χ3v) is 6.83. The molecule has 1 saturated heterocycles. The monoisotopic (exact) mass is 565 g/mol. The topological polar surface area (TPSA) is 97.0 Å². The van der Waals surface area contributed by atoms with Crippen molar-refractivity contribution in [2.75, 3.05) is 13.1 Å². The van der Waals surface area contributed by atoms with Crippen LogP contribution >= 0.6 is 0 Å². The molecule has 8 nitrogen and oxygen atoms in total. The lowest BCUT2D eigenvalue weighted by Crippen LogP contribution is -2.55. The predicted octanol–water partition coefficient (Wildman–Crippen LogP) is 5.63. The lowest BCUT2D eigenvalue weighted by molar-refractivity contribution is -0.158. The fourth-order valence-electron chi connectivity index (χ4n) is 4.75. The second-order valence-electron chi connectivity index (χ2n) is 12.2. The molecule has 3 amide bonds. The van der Waals surface area contributed by atoms with E-state index in [9.17, 15) is 14.4 Å². The van der Waals surface area contributed by atoms with Gasteiger partial charge in [0.1, 0.15) is 30.0 Å². The van der Waals surface area contributed by atoms with Crippen LogP contribution < -0.4 is 15.4 Å². The number of carbonyl (C=O) groups excluding carboxylic acids is 3. The SMILES string of the molecule is CC(C)C[C@@H](NC(=O)N1CCCCCC1)C(=O)NC(Cc1ccc(OCc2ccccc2)cc1)C(=O)OC(C)(C)C. The number of hydrogen-bond donors (Lipinski definition) is 2. The fourth-order valence-corrected chi connectivity index (χ4v) is 4.75. The van der Waals surface area contributed by atoms with Crippen molar-refractivity contribution in [3.05, 3.63) is 65.7 Å². The Hall–Kier alpha value is -3.55. The van der Waals surface area contributed by atoms with Gasteiger partial charge in [-0.2, -0.15) is 0 Å². The highest BCUT2D eigenvalue weighted by Gasteiger charge is 2.31. The van der Waals surface area contributed by atoms with Crippen LogP contribution in [-0.2, 0) is 27.4 Å². The quantitative estimate of drug-likeness (QED) is 0.344. The number of likely N-dealkylation sites (tertiary alicyclic amines) is 1. The maximum absolute atomic E-state index is 13.5. The summed E-state index contributed by atoms with van der Waals surface area (Å²) >= 11 is 0. The van der Waals surface area contributed by atoms with Gasteiger partial charge in [-0.3, -0.25) is 4.79 Å². The predicted molar refractivity (Wildman–Crippen MR) is 161 cm³/mol. The van der Waals surface area contributed by atoms with Crippen LogP contribution in [0, 0.1) is 5.92 Å². The minimum atomic E-state index is -0.914. The summed E-state index contributed by atoms with van der Waals surface area (Å²) in [6.07, 6.45) is 4.85. The molecular weight excluding hydrogens is 518 g/mol. The second kappa shape index (κ2) is 15.5. The fraction of sp³-hybridized carbons (Fsp3) is 0.545. The smallest absolute Gasteiger partial charge is 0.329 e. The molecule has 0 bridgehead atoms. The Morgan fingerprint density at radius 2 is 1.46 bits per heavy atom. The first kappa shape index (κ1) is 32.0. The maximum Gasteiger partial charge on any atom is 0.329 e. The van der Waals surface area contributed by atoms with Gasteiger partial charge in [-0.25, -0.2) is 9.59 Å². The number of benzene rings is 2. The highest BCUT2D eigenvalue weighted by Crippen LogP contribution is 2.18. The molecule has 8 heteroatoms. The van der Waals surface area contributed by atoms with E-state index < -0.39 is 23.7 Å². The molecule has 2 aromatic rings. The van der Waals surface area contributed by atoms with E-state index in [2.05, 4.69) is 10.6 Å². The van der Waals surface area contributed by atoms with E-state index in [0.717, 1.165) is 36.8 Å². The van der Waals surface area contributed by atoms with Crippen LogP contribution in [0.25, 0.3) is 0 Å². The molecule has 224 valence electrons. The minimum Gasteiger partial charge on any atom is -0.489 e. The Labute approximate surface area is 245 Å². The Kier molecular flexibility index (Phi) is 12.0. The maximum atomic E-state index is 13.5. The van der Waals surface area contributed by atoms with Gasteiger partial charge in [0.05, 0.1) is 0 Å². The number of nitrogens with one attached hydrogen (secondary N) is 2. The lowest BCUT2D eigenvalue weighted by atomic mass is 10.0. The first-order valence-electron chi connectivity index (χ1n) is 14.8. The van der Waals surface area contributed by atoms with Crippen LogP contribution in [0.4, 0.5) is 4.79 Å². The normalized spacial score (nSPS) is 15.4. The van der Waals surface area contributed by atoms with Crippen molar-refractivity contribution >= 4 is 17.9 Å². The Morgan fingerprint density at radius 3 is 2.05 bits per heavy atom. The number of esters is 1. The molecule has 1 fully saturated rings. The van der Waals surface area contributed by atoms with Gasteiger partial charge >= 0.3 is 12.0 Å². The van der Waals surface area contributed by atoms with Gasteiger partial charge in [-0.15, -0.1) is 0 Å². The molecule has 1 aliphatic heterocycles. The van der Waals surface area contributed by atoms with E-state index in [1.54, 1.807) is 25.7 Å². The van der Waals surface area contributed by atoms with E-state index in [1.165, 1.54) is 0 Å². The minimum absolute atomic E-state index is 0.165. The van der Waals surface area contributed by atoms with Crippen molar-refractivity contribution in [1.29, 1.82) is 0 Å². The van der Waals surface area contributed by atoms with Crippen LogP contribution in [0.2, 0.25) is 0 Å². The summed E-state index contributed by atoms with van der Waals surface area (Å²) in [4.78, 5) is 41.6. The summed E-state index contributed by atoms with van der Waals surface area (Å²) in [6.45, 7) is 11.2. The standard InChI is InChI=1S/C33H47N3O5/c1-24(2)21-28(35-32(39)36-19-11-6-7-12-20-36)30(37)34-29(31(38)41-33(3,4)5)22-25-15-17-27(18-16-25)40-23-26-13-9-8-10-14-26/h8-10,13-18,24,28-29H,6-7,11-12,19-23H2,1-5H3,(H,34,37)(H,35,39)/t28-,29?/m1/s1. The zero-order valence-electron chi connectivity index (χ0n) is 25.3. The van der Waals surface area contributed by atoms with Gasteiger partial charge in [-0.1, -0.05) is 69.2 Å². The van der Waals surface area contributed by atoms with Crippen molar-refractivity contribution < 1.29 is 23.9 Å². The summed E-state index contributed by atoms with van der Waals surface area (Å²) < 4.78 is 11.5. The van der Waals surface area contributed by atoms with Gasteiger partial charge < -0.3 is 25.0 Å². The third-order valence-electron chi connectivity index (χ3n) is 6.83. The number of ether oxygens (including phenoxy) is 2. The highest BCUT2D eigenvalue weighted by atomic mass is 16.6. The molecule has 2 N–H and O–H groups in total. The van der Waals surface area contributed by atoms with E-state index in [1.807, 2.05) is 68.4 Å². The van der Waals surface area contributed by atoms with E-state index in [0.29, 0.717) is 31.9 Å². The number of rotatable bonds is 11. The molecule has 2 aromatic carbocycles. The van der Waals surface area contributed by atoms with Crippen LogP contribution in [0.1, 0.15) is 77.8 Å². The molecular formula is C33H47N3O5. The van der Waals surface area contributed by atoms with Gasteiger partial charge in [0.25, 0.3) is 0 Å². The molecule has 1 unspecified atom stereocenters. The molecule has 0 spiro atoms. The molecule has 2 atom stereocenters. The number of hydrogen-bond acceptors (Lipinski definition) is 5. The Balaban J connectivity index is 1.70. The summed E-state index contributed by atoms with van der Waals surface area (Å²) in [5.41, 5.74) is 1.21.